The number of nitrogens with two attached hydrogens (primary N) is 1. The Hall–Kier alpha value is -0.650. The predicted molar refractivity (Wildman–Crippen MR) is 66.0 cm³/mol. The quantitative estimate of drug-likeness (QED) is 0.312. The largest absolute Gasteiger partial charge is 0.388 e. The van der Waals surface area contributed by atoms with Crippen LogP contribution in [0.25, 0.3) is 0 Å². The summed E-state index contributed by atoms with van der Waals surface area (Å²) in [6, 6.07) is 0. The lowest BCUT2D eigenvalue weighted by molar-refractivity contribution is 0.0896. The summed E-state index contributed by atoms with van der Waals surface area (Å²) in [5.41, 5.74) is 5.34. The Morgan fingerprint density at radius 3 is 2.44 bits per heavy atom. The Bertz CT molecular complexity index is 177. The topological polar surface area (TPSA) is 71.6 Å². The van der Waals surface area contributed by atoms with Gasteiger partial charge in [-0.05, 0) is 6.42 Å². The minimum absolute atomic E-state index is 0.233. The summed E-state index contributed by atoms with van der Waals surface area (Å²) in [6.45, 7) is 6.87. The standard InChI is InChI=1S/C11H25N3O2/c1-3-8-16-10-7-14(6-9-15-2)5-4-11(12)13/h3-10H2,1-2H3,(H3,12,13). The molecule has 0 spiro atoms. The van der Waals surface area contributed by atoms with Crippen LogP contribution in [0.1, 0.15) is 19.8 Å². The van der Waals surface area contributed by atoms with Gasteiger partial charge in [0.25, 0.3) is 0 Å². The predicted octanol–water partition coefficient (Wildman–Crippen LogP) is 0.687. The molecule has 0 rings (SSSR count). The molecule has 5 nitrogen and oxygen atoms in total. The molecule has 3 N–H and O–H groups in total. The zero-order valence-corrected chi connectivity index (χ0v) is 10.5. The molecule has 0 aromatic carbocycles. The van der Waals surface area contributed by atoms with Crippen LogP contribution < -0.4 is 5.73 Å². The third kappa shape index (κ3) is 9.89. The molecule has 0 aliphatic carbocycles. The molecular formula is C11H25N3O2. The van der Waals surface area contributed by atoms with Crippen LogP contribution in [0.3, 0.4) is 0 Å². The van der Waals surface area contributed by atoms with E-state index in [2.05, 4.69) is 11.8 Å². The highest BCUT2D eigenvalue weighted by Gasteiger charge is 2.04. The maximum absolute atomic E-state index is 7.20. The summed E-state index contributed by atoms with van der Waals surface area (Å²) in [6.07, 6.45) is 1.66. The van der Waals surface area contributed by atoms with E-state index >= 15 is 0 Å². The summed E-state index contributed by atoms with van der Waals surface area (Å²) in [4.78, 5) is 2.21. The lowest BCUT2D eigenvalue weighted by Crippen LogP contribution is -2.33. The highest BCUT2D eigenvalue weighted by Crippen LogP contribution is 1.93. The van der Waals surface area contributed by atoms with E-state index in [9.17, 15) is 0 Å². The van der Waals surface area contributed by atoms with Gasteiger partial charge in [-0.2, -0.15) is 0 Å². The Balaban J connectivity index is 3.66. The fourth-order valence-corrected chi connectivity index (χ4v) is 1.27. The van der Waals surface area contributed by atoms with Crippen LogP contribution >= 0.6 is 0 Å². The first kappa shape index (κ1) is 15.3. The van der Waals surface area contributed by atoms with Crippen LogP contribution in [0.2, 0.25) is 0 Å². The van der Waals surface area contributed by atoms with Crippen molar-refractivity contribution in [1.82, 2.24) is 4.90 Å². The molecule has 0 atom stereocenters. The van der Waals surface area contributed by atoms with Crippen molar-refractivity contribution in [2.45, 2.75) is 19.8 Å². The first-order chi connectivity index (χ1) is 7.70. The van der Waals surface area contributed by atoms with Crippen molar-refractivity contribution >= 4 is 5.84 Å². The minimum atomic E-state index is 0.233. The van der Waals surface area contributed by atoms with E-state index < -0.39 is 0 Å². The van der Waals surface area contributed by atoms with Gasteiger partial charge in [-0.15, -0.1) is 0 Å². The molecule has 0 aliphatic rings. The van der Waals surface area contributed by atoms with Gasteiger partial charge in [0.1, 0.15) is 0 Å². The van der Waals surface area contributed by atoms with E-state index in [-0.39, 0.29) is 5.84 Å². The van der Waals surface area contributed by atoms with Crippen LogP contribution in [0, 0.1) is 5.41 Å². The molecular weight excluding hydrogens is 206 g/mol. The molecule has 0 heterocycles. The molecule has 0 aromatic rings. The number of nitrogens with zero attached hydrogens (tertiary/aromatic N) is 1. The molecule has 0 aromatic heterocycles. The molecule has 0 saturated carbocycles. The van der Waals surface area contributed by atoms with Gasteiger partial charge in [0.2, 0.25) is 0 Å². The van der Waals surface area contributed by atoms with E-state index in [1.165, 1.54) is 0 Å². The fourth-order valence-electron chi connectivity index (χ4n) is 1.27. The number of hydrogen-bond acceptors (Lipinski definition) is 4. The molecule has 0 amide bonds. The first-order valence-corrected chi connectivity index (χ1v) is 5.82. The Morgan fingerprint density at radius 1 is 1.19 bits per heavy atom. The molecule has 96 valence electrons. The van der Waals surface area contributed by atoms with Gasteiger partial charge >= 0.3 is 0 Å². The molecule has 0 radical (unpaired) electrons. The van der Waals surface area contributed by atoms with Gasteiger partial charge in [0, 0.05) is 39.8 Å². The minimum Gasteiger partial charge on any atom is -0.388 e. The summed E-state index contributed by atoms with van der Waals surface area (Å²) in [7, 11) is 1.69. The highest BCUT2D eigenvalue weighted by atomic mass is 16.5. The van der Waals surface area contributed by atoms with Crippen LogP contribution in [0.15, 0.2) is 0 Å². The lowest BCUT2D eigenvalue weighted by atomic mass is 10.3. The van der Waals surface area contributed by atoms with Crippen LogP contribution in [0.4, 0.5) is 0 Å². The Morgan fingerprint density at radius 2 is 1.88 bits per heavy atom. The molecule has 16 heavy (non-hydrogen) atoms. The SMILES string of the molecule is CCCOCCN(CCOC)CCC(=N)N. The average Bonchev–Trinajstić information content (AvgIpc) is 2.26. The van der Waals surface area contributed by atoms with E-state index in [1.807, 2.05) is 0 Å². The Labute approximate surface area is 98.4 Å². The summed E-state index contributed by atoms with van der Waals surface area (Å²) in [5.74, 6) is 0.233. The van der Waals surface area contributed by atoms with Gasteiger partial charge < -0.3 is 15.2 Å². The second-order valence-electron chi connectivity index (χ2n) is 3.72. The maximum atomic E-state index is 7.20. The number of amidine groups is 1. The van der Waals surface area contributed by atoms with Gasteiger partial charge in [0.15, 0.2) is 0 Å². The van der Waals surface area contributed by atoms with Gasteiger partial charge in [-0.1, -0.05) is 6.92 Å². The molecule has 0 fully saturated rings. The first-order valence-electron chi connectivity index (χ1n) is 5.82. The second kappa shape index (κ2) is 10.9. The smallest absolute Gasteiger partial charge is 0.0918 e. The average molecular weight is 231 g/mol. The van der Waals surface area contributed by atoms with Crippen molar-refractivity contribution in [2.24, 2.45) is 5.73 Å². The van der Waals surface area contributed by atoms with Crippen LogP contribution in [-0.2, 0) is 9.47 Å². The summed E-state index contributed by atoms with van der Waals surface area (Å²) >= 11 is 0. The number of ether oxygens (including phenoxy) is 2. The number of rotatable bonds is 11. The number of hydrogen-bond donors (Lipinski definition) is 2. The maximum Gasteiger partial charge on any atom is 0.0918 e. The zero-order chi connectivity index (χ0) is 12.2. The van der Waals surface area contributed by atoms with E-state index in [0.29, 0.717) is 13.0 Å². The van der Waals surface area contributed by atoms with Crippen molar-refractivity contribution in [1.29, 1.82) is 5.41 Å². The monoisotopic (exact) mass is 231 g/mol. The van der Waals surface area contributed by atoms with E-state index in [4.69, 9.17) is 20.6 Å². The van der Waals surface area contributed by atoms with E-state index in [1.54, 1.807) is 7.11 Å². The molecule has 0 aliphatic heterocycles. The Kier molecular flexibility index (Phi) is 10.4. The van der Waals surface area contributed by atoms with E-state index in [0.717, 1.165) is 39.3 Å². The van der Waals surface area contributed by atoms with Crippen molar-refractivity contribution < 1.29 is 9.47 Å². The van der Waals surface area contributed by atoms with Gasteiger partial charge in [0.05, 0.1) is 19.0 Å². The van der Waals surface area contributed by atoms with Crippen molar-refractivity contribution in [3.63, 3.8) is 0 Å². The summed E-state index contributed by atoms with van der Waals surface area (Å²) in [5, 5.41) is 7.20. The van der Waals surface area contributed by atoms with Crippen LogP contribution in [0.5, 0.6) is 0 Å². The van der Waals surface area contributed by atoms with Gasteiger partial charge in [-0.25, -0.2) is 0 Å². The lowest BCUT2D eigenvalue weighted by Gasteiger charge is -2.21. The zero-order valence-electron chi connectivity index (χ0n) is 10.5. The molecule has 5 heteroatoms. The van der Waals surface area contributed by atoms with Crippen LogP contribution in [-0.4, -0.2) is 57.3 Å². The molecule has 0 bridgehead atoms. The van der Waals surface area contributed by atoms with Crippen molar-refractivity contribution in [3.05, 3.63) is 0 Å². The van der Waals surface area contributed by atoms with Crippen molar-refractivity contribution in [2.75, 3.05) is 46.6 Å². The number of nitrogens with one attached hydrogen (secondary N) is 1. The fraction of sp³-hybridized carbons (Fsp3) is 0.909. The van der Waals surface area contributed by atoms with Crippen molar-refractivity contribution in [3.8, 4) is 0 Å². The number of methoxy groups -OCH3 is 1. The molecule has 0 unspecified atom stereocenters. The normalized spacial score (nSPS) is 10.9. The molecule has 0 saturated heterocycles. The second-order valence-corrected chi connectivity index (χ2v) is 3.72. The highest BCUT2D eigenvalue weighted by molar-refractivity contribution is 5.76. The summed E-state index contributed by atoms with van der Waals surface area (Å²) < 4.78 is 10.5. The van der Waals surface area contributed by atoms with Gasteiger partial charge in [-0.3, -0.25) is 10.3 Å². The third-order valence-electron chi connectivity index (χ3n) is 2.21. The third-order valence-corrected chi connectivity index (χ3v) is 2.21.